The van der Waals surface area contributed by atoms with E-state index in [0.717, 1.165) is 6.92 Å². The summed E-state index contributed by atoms with van der Waals surface area (Å²) in [5.41, 5.74) is 0. The summed E-state index contributed by atoms with van der Waals surface area (Å²) in [6, 6.07) is 0. The fraction of sp³-hybridized carbons (Fsp3) is 0.800. The highest BCUT2D eigenvalue weighted by Crippen LogP contribution is 1.96. The van der Waals surface area contributed by atoms with E-state index in [9.17, 15) is 4.79 Å². The van der Waals surface area contributed by atoms with Gasteiger partial charge in [-0.25, -0.2) is 0 Å². The Hall–Kier alpha value is -0.530. The van der Waals surface area contributed by atoms with E-state index < -0.39 is 25.1 Å². The van der Waals surface area contributed by atoms with Crippen LogP contribution in [0.4, 0.5) is 0 Å². The van der Waals surface area contributed by atoms with E-state index in [-0.39, 0.29) is 0 Å². The molecule has 0 aromatic heterocycles. The molecule has 2 heteroatoms. The third kappa shape index (κ3) is 5.47. The number of carbonyl (C=O) groups is 1. The van der Waals surface area contributed by atoms with E-state index in [1.165, 1.54) is 0 Å². The lowest BCUT2D eigenvalue weighted by Crippen LogP contribution is -1.99. The normalized spacial score (nSPS) is 28.1. The van der Waals surface area contributed by atoms with E-state index in [0.29, 0.717) is 0 Å². The van der Waals surface area contributed by atoms with Gasteiger partial charge in [-0.1, -0.05) is 13.8 Å². The Morgan fingerprint density at radius 2 is 2.86 bits per heavy atom. The van der Waals surface area contributed by atoms with Crippen LogP contribution in [0.25, 0.3) is 0 Å². The second-order valence-corrected chi connectivity index (χ2v) is 1.35. The van der Waals surface area contributed by atoms with Gasteiger partial charge in [-0.3, -0.25) is 4.79 Å². The molecule has 0 aromatic carbocycles. The third-order valence-corrected chi connectivity index (χ3v) is 0.416. The van der Waals surface area contributed by atoms with Crippen LogP contribution < -0.4 is 0 Å². The molecular formula is C5H10O2. The quantitative estimate of drug-likeness (QED) is 0.539. The molecule has 0 saturated heterocycles. The molecule has 0 bridgehead atoms. The molecule has 1 N–H and O–H groups in total. The Balaban J connectivity index is 4.34. The molecule has 2 nitrogen and oxygen atoms in total. The van der Waals surface area contributed by atoms with Crippen molar-refractivity contribution in [3.8, 4) is 0 Å². The van der Waals surface area contributed by atoms with Crippen molar-refractivity contribution >= 4 is 5.97 Å². The van der Waals surface area contributed by atoms with Gasteiger partial charge in [0.25, 0.3) is 0 Å². The van der Waals surface area contributed by atoms with Gasteiger partial charge >= 0.3 is 5.97 Å². The average Bonchev–Trinajstić information content (AvgIpc) is 1.56. The molecule has 0 unspecified atom stereocenters. The average molecular weight is 109 g/mol. The first-order chi connectivity index (χ1) is 4.67. The standard InChI is InChI=1S/C5H10O2/c1-4(2)3-5(6)7/h4H,3H2,1-2H3,(H,6,7)/i1+0D3,3+1,4+1D,5+1/t4-/m0/s1. The molecule has 0 spiro atoms. The molecule has 0 saturated carbocycles. The molecule has 7 heavy (non-hydrogen) atoms. The van der Waals surface area contributed by atoms with Gasteiger partial charge in [0, 0.05) is 11.9 Å². The summed E-state index contributed by atoms with van der Waals surface area (Å²) < 4.78 is 27.6. The summed E-state index contributed by atoms with van der Waals surface area (Å²) >= 11 is 0. The van der Waals surface area contributed by atoms with Gasteiger partial charge in [0.15, 0.2) is 0 Å². The van der Waals surface area contributed by atoms with Crippen molar-refractivity contribution < 1.29 is 15.4 Å². The number of rotatable bonds is 2. The van der Waals surface area contributed by atoms with Crippen molar-refractivity contribution in [2.24, 2.45) is 5.89 Å². The summed E-state index contributed by atoms with van der Waals surface area (Å²) in [6.45, 7) is -1.44. The summed E-state index contributed by atoms with van der Waals surface area (Å²) in [6.07, 6.45) is -0.663. The Morgan fingerprint density at radius 1 is 2.29 bits per heavy atom. The smallest absolute Gasteiger partial charge is 0.303 e. The van der Waals surface area contributed by atoms with Crippen LogP contribution in [-0.4, -0.2) is 11.1 Å². The maximum absolute atomic E-state index is 10.1. The van der Waals surface area contributed by atoms with Crippen molar-refractivity contribution in [2.75, 3.05) is 0 Å². The predicted molar refractivity (Wildman–Crippen MR) is 27.1 cm³/mol. The van der Waals surface area contributed by atoms with Gasteiger partial charge in [0.05, 0.1) is 0 Å². The number of aliphatic carboxylic acids is 1. The highest BCUT2D eigenvalue weighted by atomic mass is 16.5. The highest BCUT2D eigenvalue weighted by molar-refractivity contribution is 5.66. The second-order valence-electron chi connectivity index (χ2n) is 1.35. The summed E-state index contributed by atoms with van der Waals surface area (Å²) in [5, 5.41) is 8.24. The molecule has 1 atom stereocenters. The van der Waals surface area contributed by atoms with Gasteiger partial charge in [0.1, 0.15) is 0 Å². The summed E-state index contributed by atoms with van der Waals surface area (Å²) in [5.74, 6) is -3.16. The first kappa shape index (κ1) is 2.16. The van der Waals surface area contributed by atoms with Crippen LogP contribution >= 0.6 is 0 Å². The Kier molecular flexibility index (Phi) is 0.805. The first-order valence-electron chi connectivity index (χ1n) is 3.88. The Bertz CT molecular complexity index is 160. The van der Waals surface area contributed by atoms with Gasteiger partial charge in [-0.15, -0.1) is 0 Å². The summed E-state index contributed by atoms with van der Waals surface area (Å²) in [7, 11) is 0. The fourth-order valence-electron chi connectivity index (χ4n) is 0.227. The van der Waals surface area contributed by atoms with Crippen LogP contribution in [0.15, 0.2) is 0 Å². The minimum atomic E-state index is -2.54. The molecule has 0 amide bonds. The van der Waals surface area contributed by atoms with Gasteiger partial charge in [-0.2, -0.15) is 0 Å². The molecule has 0 aliphatic carbocycles. The largest absolute Gasteiger partial charge is 0.481 e. The molecule has 0 aromatic rings. The van der Waals surface area contributed by atoms with Crippen LogP contribution in [0.1, 0.15) is 25.7 Å². The third-order valence-electron chi connectivity index (χ3n) is 0.416. The minimum Gasteiger partial charge on any atom is -0.481 e. The molecule has 0 fully saturated rings. The zero-order valence-electron chi connectivity index (χ0n) is 8.06. The molecule has 0 aliphatic heterocycles. The number of carboxylic acids is 1. The van der Waals surface area contributed by atoms with Crippen molar-refractivity contribution in [1.82, 2.24) is 0 Å². The fourth-order valence-corrected chi connectivity index (χ4v) is 0.227. The van der Waals surface area contributed by atoms with E-state index in [4.69, 9.17) is 10.6 Å². The molecule has 42 valence electrons. The minimum absolute atomic E-state index is 0.663. The van der Waals surface area contributed by atoms with Crippen LogP contribution in [0.2, 0.25) is 0 Å². The molecule has 0 radical (unpaired) electrons. The highest BCUT2D eigenvalue weighted by Gasteiger charge is 1.98. The topological polar surface area (TPSA) is 37.3 Å². The van der Waals surface area contributed by atoms with Gasteiger partial charge < -0.3 is 5.11 Å². The van der Waals surface area contributed by atoms with Crippen molar-refractivity contribution in [3.63, 3.8) is 0 Å². The zero-order chi connectivity index (χ0) is 9.28. The Labute approximate surface area is 48.8 Å². The van der Waals surface area contributed by atoms with Crippen molar-refractivity contribution in [2.45, 2.75) is 20.2 Å². The lowest BCUT2D eigenvalue weighted by molar-refractivity contribution is -0.137. The molecule has 0 heterocycles. The molecular weight excluding hydrogens is 95.0 g/mol. The van der Waals surface area contributed by atoms with E-state index >= 15 is 0 Å². The van der Waals surface area contributed by atoms with Crippen LogP contribution in [-0.2, 0) is 4.79 Å². The molecule has 0 aliphatic rings. The Morgan fingerprint density at radius 3 is 3.00 bits per heavy atom. The van der Waals surface area contributed by atoms with Crippen LogP contribution in [0.3, 0.4) is 0 Å². The van der Waals surface area contributed by atoms with Crippen LogP contribution in [0, 0.1) is 5.89 Å². The first-order valence-corrected chi connectivity index (χ1v) is 1.88. The lowest BCUT2D eigenvalue weighted by atomic mass is 10.8. The maximum atomic E-state index is 10.1. The number of hydrogen-bond acceptors (Lipinski definition) is 1. The lowest BCUT2D eigenvalue weighted by Gasteiger charge is -1.94. The molecule has 0 rings (SSSR count). The van der Waals surface area contributed by atoms with Crippen molar-refractivity contribution in [3.05, 3.63) is 0 Å². The van der Waals surface area contributed by atoms with Gasteiger partial charge in [0.2, 0.25) is 0 Å². The number of carboxylic acid groups (broad SMARTS) is 1. The monoisotopic (exact) mass is 109 g/mol. The maximum Gasteiger partial charge on any atom is 0.303 e. The second kappa shape index (κ2) is 2.61. The van der Waals surface area contributed by atoms with Crippen LogP contribution in [0.5, 0.6) is 0 Å². The van der Waals surface area contributed by atoms with E-state index in [2.05, 4.69) is 0 Å². The SMILES string of the molecule is [2H][12C]([2H])([2H])[13C@@]([2H])(C)[13CH2][13C](=O)O. The number of hydrogen-bond donors (Lipinski definition) is 1. The van der Waals surface area contributed by atoms with Gasteiger partial charge in [-0.05, 0) is 5.89 Å². The predicted octanol–water partition coefficient (Wildman–Crippen LogP) is 1.12. The summed E-state index contributed by atoms with van der Waals surface area (Å²) in [4.78, 5) is 10.1. The van der Waals surface area contributed by atoms with E-state index in [1.807, 2.05) is 0 Å². The van der Waals surface area contributed by atoms with E-state index in [1.54, 1.807) is 0 Å². The zero-order valence-corrected chi connectivity index (χ0v) is 4.06. The van der Waals surface area contributed by atoms with Crippen molar-refractivity contribution in [1.29, 1.82) is 0 Å².